The summed E-state index contributed by atoms with van der Waals surface area (Å²) in [6.07, 6.45) is 7.19. The van der Waals surface area contributed by atoms with E-state index < -0.39 is 0 Å². The summed E-state index contributed by atoms with van der Waals surface area (Å²) in [4.78, 5) is 2.86. The van der Waals surface area contributed by atoms with Gasteiger partial charge in [-0.25, -0.2) is 0 Å². The van der Waals surface area contributed by atoms with Crippen LogP contribution in [0.4, 0.5) is 0 Å². The fraction of sp³-hybridized carbons (Fsp3) is 1.00. The van der Waals surface area contributed by atoms with Crippen molar-refractivity contribution in [2.45, 2.75) is 77.4 Å². The molecule has 3 rings (SSSR count). The van der Waals surface area contributed by atoms with Crippen LogP contribution in [0.1, 0.15) is 59.8 Å². The first-order chi connectivity index (χ1) is 8.98. The molecule has 0 spiro atoms. The van der Waals surface area contributed by atoms with E-state index in [9.17, 15) is 0 Å². The lowest BCUT2D eigenvalue weighted by Crippen LogP contribution is -2.65. The highest BCUT2D eigenvalue weighted by Crippen LogP contribution is 2.43. The second-order valence-electron chi connectivity index (χ2n) is 8.17. The van der Waals surface area contributed by atoms with E-state index in [-0.39, 0.29) is 0 Å². The Hall–Kier alpha value is -0.0800. The van der Waals surface area contributed by atoms with Gasteiger partial charge in [0, 0.05) is 30.7 Å². The minimum absolute atomic E-state index is 0.399. The maximum atomic E-state index is 3.86. The standard InChI is InChI=1S/C17H32N2/c1-12-7-13(2)9-16(8-12)19-11-17(4,15-5-6-15)18-10-14(19)3/h12-16,18H,5-11H2,1-4H3. The Bertz CT molecular complexity index is 315. The van der Waals surface area contributed by atoms with Crippen LogP contribution in [0.3, 0.4) is 0 Å². The lowest BCUT2D eigenvalue weighted by atomic mass is 9.78. The van der Waals surface area contributed by atoms with Gasteiger partial charge in [-0.1, -0.05) is 13.8 Å². The van der Waals surface area contributed by atoms with Crippen molar-refractivity contribution >= 4 is 0 Å². The molecule has 2 saturated carbocycles. The highest BCUT2D eigenvalue weighted by atomic mass is 15.3. The first-order valence-electron chi connectivity index (χ1n) is 8.48. The molecule has 0 radical (unpaired) electrons. The van der Waals surface area contributed by atoms with Crippen LogP contribution in [0.25, 0.3) is 0 Å². The van der Waals surface area contributed by atoms with Crippen LogP contribution < -0.4 is 5.32 Å². The Morgan fingerprint density at radius 3 is 2.21 bits per heavy atom. The first-order valence-corrected chi connectivity index (χ1v) is 8.48. The summed E-state index contributed by atoms with van der Waals surface area (Å²) in [7, 11) is 0. The van der Waals surface area contributed by atoms with Gasteiger partial charge < -0.3 is 5.32 Å². The fourth-order valence-electron chi connectivity index (χ4n) is 4.75. The van der Waals surface area contributed by atoms with Crippen molar-refractivity contribution in [2.24, 2.45) is 17.8 Å². The van der Waals surface area contributed by atoms with Crippen LogP contribution in [-0.2, 0) is 0 Å². The Kier molecular flexibility index (Phi) is 3.68. The third-order valence-electron chi connectivity index (χ3n) is 5.98. The van der Waals surface area contributed by atoms with Gasteiger partial charge in [0.25, 0.3) is 0 Å². The Labute approximate surface area is 119 Å². The van der Waals surface area contributed by atoms with Crippen LogP contribution in [-0.4, -0.2) is 35.6 Å². The Morgan fingerprint density at radius 1 is 1.00 bits per heavy atom. The Balaban J connectivity index is 1.70. The molecular formula is C17H32N2. The second kappa shape index (κ2) is 5.04. The van der Waals surface area contributed by atoms with Crippen LogP contribution in [0.2, 0.25) is 0 Å². The molecule has 1 saturated heterocycles. The number of hydrogen-bond donors (Lipinski definition) is 1. The molecule has 0 amide bonds. The molecule has 19 heavy (non-hydrogen) atoms. The normalized spacial score (nSPS) is 49.3. The molecule has 1 heterocycles. The van der Waals surface area contributed by atoms with Gasteiger partial charge in [-0.05, 0) is 63.7 Å². The maximum Gasteiger partial charge on any atom is 0.0309 e. The molecule has 0 bridgehead atoms. The average Bonchev–Trinajstić information content (AvgIpc) is 3.15. The minimum Gasteiger partial charge on any atom is -0.308 e. The highest BCUT2D eigenvalue weighted by Gasteiger charge is 2.47. The molecule has 3 aliphatic rings. The SMILES string of the molecule is CC1CC(C)CC(N2CC(C)(C3CC3)NCC2C)C1. The second-order valence-corrected chi connectivity index (χ2v) is 8.17. The zero-order valence-electron chi connectivity index (χ0n) is 13.3. The van der Waals surface area contributed by atoms with Crippen LogP contribution in [0.5, 0.6) is 0 Å². The summed E-state index contributed by atoms with van der Waals surface area (Å²) in [6.45, 7) is 12.3. The molecule has 4 atom stereocenters. The summed E-state index contributed by atoms with van der Waals surface area (Å²) in [6, 6.07) is 1.56. The van der Waals surface area contributed by atoms with Gasteiger partial charge in [0.1, 0.15) is 0 Å². The van der Waals surface area contributed by atoms with Crippen LogP contribution in [0.15, 0.2) is 0 Å². The molecule has 0 aromatic rings. The van der Waals surface area contributed by atoms with E-state index in [0.717, 1.165) is 23.8 Å². The van der Waals surface area contributed by atoms with E-state index in [0.29, 0.717) is 11.6 Å². The summed E-state index contributed by atoms with van der Waals surface area (Å²) in [5.74, 6) is 2.78. The smallest absolute Gasteiger partial charge is 0.0309 e. The van der Waals surface area contributed by atoms with Crippen molar-refractivity contribution in [3.63, 3.8) is 0 Å². The number of hydrogen-bond acceptors (Lipinski definition) is 2. The maximum absolute atomic E-state index is 3.86. The van der Waals surface area contributed by atoms with Gasteiger partial charge in [0.2, 0.25) is 0 Å². The topological polar surface area (TPSA) is 15.3 Å². The first kappa shape index (κ1) is 13.9. The molecule has 2 heteroatoms. The van der Waals surface area contributed by atoms with E-state index in [1.165, 1.54) is 45.2 Å². The van der Waals surface area contributed by atoms with Crippen molar-refractivity contribution in [3.8, 4) is 0 Å². The van der Waals surface area contributed by atoms with Gasteiger partial charge in [-0.2, -0.15) is 0 Å². The van der Waals surface area contributed by atoms with Crippen LogP contribution in [0, 0.1) is 17.8 Å². The average molecular weight is 264 g/mol. The minimum atomic E-state index is 0.399. The predicted octanol–water partition coefficient (Wildman–Crippen LogP) is 3.27. The summed E-state index contributed by atoms with van der Waals surface area (Å²) in [5.41, 5.74) is 0.399. The van der Waals surface area contributed by atoms with Crippen molar-refractivity contribution in [3.05, 3.63) is 0 Å². The molecule has 1 N–H and O–H groups in total. The monoisotopic (exact) mass is 264 g/mol. The molecular weight excluding hydrogens is 232 g/mol. The molecule has 3 fully saturated rings. The molecule has 2 nitrogen and oxygen atoms in total. The summed E-state index contributed by atoms with van der Waals surface area (Å²) in [5, 5.41) is 3.86. The Morgan fingerprint density at radius 2 is 1.63 bits per heavy atom. The van der Waals surface area contributed by atoms with Crippen molar-refractivity contribution in [1.82, 2.24) is 10.2 Å². The molecule has 110 valence electrons. The number of nitrogens with one attached hydrogen (secondary N) is 1. The van der Waals surface area contributed by atoms with Crippen molar-refractivity contribution < 1.29 is 0 Å². The van der Waals surface area contributed by atoms with Gasteiger partial charge in [-0.15, -0.1) is 0 Å². The largest absolute Gasteiger partial charge is 0.308 e. The fourth-order valence-corrected chi connectivity index (χ4v) is 4.75. The van der Waals surface area contributed by atoms with E-state index in [1.54, 1.807) is 0 Å². The molecule has 2 aliphatic carbocycles. The molecule has 4 unspecified atom stereocenters. The number of piperazine rings is 1. The third-order valence-corrected chi connectivity index (χ3v) is 5.98. The van der Waals surface area contributed by atoms with Gasteiger partial charge in [-0.3, -0.25) is 4.90 Å². The van der Waals surface area contributed by atoms with Crippen molar-refractivity contribution in [1.29, 1.82) is 0 Å². The zero-order valence-corrected chi connectivity index (χ0v) is 13.3. The van der Waals surface area contributed by atoms with E-state index in [1.807, 2.05) is 0 Å². The number of rotatable bonds is 2. The third kappa shape index (κ3) is 2.85. The van der Waals surface area contributed by atoms with Gasteiger partial charge in [0.15, 0.2) is 0 Å². The molecule has 1 aliphatic heterocycles. The number of nitrogens with zero attached hydrogens (tertiary/aromatic N) is 1. The molecule has 0 aromatic carbocycles. The van der Waals surface area contributed by atoms with E-state index in [4.69, 9.17) is 0 Å². The molecule has 0 aromatic heterocycles. The van der Waals surface area contributed by atoms with E-state index in [2.05, 4.69) is 37.9 Å². The quantitative estimate of drug-likeness (QED) is 0.823. The lowest BCUT2D eigenvalue weighted by Gasteiger charge is -2.51. The van der Waals surface area contributed by atoms with Crippen LogP contribution >= 0.6 is 0 Å². The van der Waals surface area contributed by atoms with E-state index >= 15 is 0 Å². The predicted molar refractivity (Wildman–Crippen MR) is 81.3 cm³/mol. The zero-order chi connectivity index (χ0) is 13.6. The highest BCUT2D eigenvalue weighted by molar-refractivity contribution is 5.05. The van der Waals surface area contributed by atoms with Gasteiger partial charge >= 0.3 is 0 Å². The summed E-state index contributed by atoms with van der Waals surface area (Å²) < 4.78 is 0. The van der Waals surface area contributed by atoms with Gasteiger partial charge in [0.05, 0.1) is 0 Å². The summed E-state index contributed by atoms with van der Waals surface area (Å²) >= 11 is 0. The lowest BCUT2D eigenvalue weighted by molar-refractivity contribution is 0.0144. The van der Waals surface area contributed by atoms with Crippen molar-refractivity contribution in [2.75, 3.05) is 13.1 Å².